The maximum absolute atomic E-state index is 12.5. The van der Waals surface area contributed by atoms with Gasteiger partial charge in [-0.25, -0.2) is 4.98 Å². The van der Waals surface area contributed by atoms with E-state index in [1.807, 2.05) is 11.8 Å². The molecule has 22 heavy (non-hydrogen) atoms. The van der Waals surface area contributed by atoms with Gasteiger partial charge < -0.3 is 10.6 Å². The smallest absolute Gasteiger partial charge is 0.227 e. The van der Waals surface area contributed by atoms with Crippen molar-refractivity contribution in [3.8, 4) is 11.3 Å². The zero-order chi connectivity index (χ0) is 15.7. The van der Waals surface area contributed by atoms with Crippen LogP contribution in [-0.2, 0) is 11.2 Å². The van der Waals surface area contributed by atoms with Gasteiger partial charge in [-0.05, 0) is 20.3 Å². The lowest BCUT2D eigenvalue weighted by atomic mass is 10.1. The molecule has 2 aromatic rings. The third-order valence-electron chi connectivity index (χ3n) is 4.02. The van der Waals surface area contributed by atoms with Gasteiger partial charge in [0.2, 0.25) is 5.91 Å². The molecule has 3 rings (SSSR count). The number of hydrogen-bond acceptors (Lipinski definition) is 4. The van der Waals surface area contributed by atoms with E-state index in [2.05, 4.69) is 36.2 Å². The first-order chi connectivity index (χ1) is 10.5. The molecule has 116 valence electrons. The Hall–Kier alpha value is -1.72. The van der Waals surface area contributed by atoms with Gasteiger partial charge in [0.05, 0.1) is 17.1 Å². The highest BCUT2D eigenvalue weighted by molar-refractivity contribution is 7.12. The number of likely N-dealkylation sites (tertiary alicyclic amines) is 1. The molecule has 0 radical (unpaired) electrons. The molecular formula is C17H21N3OS. The number of rotatable bonds is 3. The van der Waals surface area contributed by atoms with Crippen molar-refractivity contribution in [2.45, 2.75) is 32.7 Å². The minimum atomic E-state index is 0.128. The summed E-state index contributed by atoms with van der Waals surface area (Å²) < 4.78 is 0. The first-order valence-electron chi connectivity index (χ1n) is 7.59. The number of aryl methyl sites for hydroxylation is 2. The summed E-state index contributed by atoms with van der Waals surface area (Å²) in [5.74, 6) is 0.157. The fourth-order valence-corrected chi connectivity index (χ4v) is 3.74. The zero-order valence-corrected chi connectivity index (χ0v) is 13.8. The van der Waals surface area contributed by atoms with Crippen LogP contribution < -0.4 is 5.73 Å². The Morgan fingerprint density at radius 3 is 2.73 bits per heavy atom. The molecule has 1 atom stereocenters. The quantitative estimate of drug-likeness (QED) is 0.947. The van der Waals surface area contributed by atoms with E-state index in [-0.39, 0.29) is 11.9 Å². The molecule has 1 fully saturated rings. The standard InChI is InChI=1S/C17H21N3OS/c1-11-3-5-13(6-4-11)17-15(22-12(2)19-17)9-16(21)20-8-7-14(18)10-20/h3-6,14H,7-10,18H2,1-2H3/t14-/m0/s1. The van der Waals surface area contributed by atoms with E-state index < -0.39 is 0 Å². The lowest BCUT2D eigenvalue weighted by molar-refractivity contribution is -0.129. The fourth-order valence-electron chi connectivity index (χ4n) is 2.79. The van der Waals surface area contributed by atoms with Crippen LogP contribution in [0.5, 0.6) is 0 Å². The third-order valence-corrected chi connectivity index (χ3v) is 4.99. The van der Waals surface area contributed by atoms with Crippen LogP contribution >= 0.6 is 11.3 Å². The minimum absolute atomic E-state index is 0.128. The first-order valence-corrected chi connectivity index (χ1v) is 8.41. The third kappa shape index (κ3) is 3.20. The molecule has 0 bridgehead atoms. The van der Waals surface area contributed by atoms with Gasteiger partial charge in [0.15, 0.2) is 0 Å². The van der Waals surface area contributed by atoms with Crippen LogP contribution in [0.15, 0.2) is 24.3 Å². The highest BCUT2D eigenvalue weighted by Crippen LogP contribution is 2.29. The topological polar surface area (TPSA) is 59.2 Å². The van der Waals surface area contributed by atoms with Crippen molar-refractivity contribution in [1.82, 2.24) is 9.88 Å². The van der Waals surface area contributed by atoms with Crippen molar-refractivity contribution >= 4 is 17.2 Å². The van der Waals surface area contributed by atoms with Crippen molar-refractivity contribution in [3.63, 3.8) is 0 Å². The van der Waals surface area contributed by atoms with E-state index in [0.29, 0.717) is 13.0 Å². The second-order valence-electron chi connectivity index (χ2n) is 5.94. The summed E-state index contributed by atoms with van der Waals surface area (Å²) in [5, 5.41) is 0.997. The van der Waals surface area contributed by atoms with E-state index in [0.717, 1.165) is 34.1 Å². The molecule has 1 aliphatic rings. The van der Waals surface area contributed by atoms with Crippen LogP contribution in [-0.4, -0.2) is 34.9 Å². The largest absolute Gasteiger partial charge is 0.341 e. The van der Waals surface area contributed by atoms with Crippen molar-refractivity contribution in [2.24, 2.45) is 5.73 Å². The summed E-state index contributed by atoms with van der Waals surface area (Å²) in [7, 11) is 0. The van der Waals surface area contributed by atoms with Crippen LogP contribution in [0.2, 0.25) is 0 Å². The number of aromatic nitrogens is 1. The second-order valence-corrected chi connectivity index (χ2v) is 7.22. The summed E-state index contributed by atoms with van der Waals surface area (Å²) in [6.45, 7) is 5.51. The molecule has 0 unspecified atom stereocenters. The number of thiazole rings is 1. The number of hydrogen-bond donors (Lipinski definition) is 1. The Balaban J connectivity index is 1.82. The Kier molecular flexibility index (Phi) is 4.27. The van der Waals surface area contributed by atoms with Crippen LogP contribution in [0.3, 0.4) is 0 Å². The van der Waals surface area contributed by atoms with Crippen LogP contribution in [0.25, 0.3) is 11.3 Å². The molecule has 5 heteroatoms. The van der Waals surface area contributed by atoms with Crippen LogP contribution in [0.1, 0.15) is 21.9 Å². The number of nitrogens with zero attached hydrogens (tertiary/aromatic N) is 2. The lowest BCUT2D eigenvalue weighted by Crippen LogP contribution is -2.32. The number of benzene rings is 1. The zero-order valence-electron chi connectivity index (χ0n) is 13.0. The van der Waals surface area contributed by atoms with E-state index in [4.69, 9.17) is 5.73 Å². The van der Waals surface area contributed by atoms with Gasteiger partial charge >= 0.3 is 0 Å². The number of amides is 1. The van der Waals surface area contributed by atoms with Gasteiger partial charge in [0, 0.05) is 29.6 Å². The van der Waals surface area contributed by atoms with Crippen molar-refractivity contribution in [2.75, 3.05) is 13.1 Å². The first kappa shape index (κ1) is 15.2. The molecule has 0 saturated carbocycles. The van der Waals surface area contributed by atoms with Gasteiger partial charge in [0.1, 0.15) is 0 Å². The molecule has 0 aliphatic carbocycles. The predicted molar refractivity (Wildman–Crippen MR) is 89.9 cm³/mol. The Morgan fingerprint density at radius 1 is 1.36 bits per heavy atom. The molecule has 2 N–H and O–H groups in total. The minimum Gasteiger partial charge on any atom is -0.341 e. The SMILES string of the molecule is Cc1ccc(-c2nc(C)sc2CC(=O)N2CC[C@H](N)C2)cc1. The van der Waals surface area contributed by atoms with Gasteiger partial charge in [-0.3, -0.25) is 4.79 Å². The Morgan fingerprint density at radius 2 is 2.09 bits per heavy atom. The Labute approximate surface area is 135 Å². The summed E-state index contributed by atoms with van der Waals surface area (Å²) in [6, 6.07) is 8.43. The van der Waals surface area contributed by atoms with E-state index in [1.54, 1.807) is 11.3 Å². The van der Waals surface area contributed by atoms with Gasteiger partial charge in [-0.2, -0.15) is 0 Å². The molecule has 1 aromatic carbocycles. The van der Waals surface area contributed by atoms with Crippen LogP contribution in [0, 0.1) is 13.8 Å². The number of carbonyl (C=O) groups is 1. The maximum atomic E-state index is 12.5. The monoisotopic (exact) mass is 315 g/mol. The summed E-state index contributed by atoms with van der Waals surface area (Å²) in [4.78, 5) is 20.0. The molecule has 2 heterocycles. The summed E-state index contributed by atoms with van der Waals surface area (Å²) in [6.07, 6.45) is 1.32. The molecule has 0 spiro atoms. The Bertz CT molecular complexity index is 678. The summed E-state index contributed by atoms with van der Waals surface area (Å²) >= 11 is 1.61. The normalized spacial score (nSPS) is 18.0. The second kappa shape index (κ2) is 6.18. The highest BCUT2D eigenvalue weighted by atomic mass is 32.1. The summed E-state index contributed by atoms with van der Waals surface area (Å²) in [5.41, 5.74) is 9.14. The van der Waals surface area contributed by atoms with Gasteiger partial charge in [0.25, 0.3) is 0 Å². The maximum Gasteiger partial charge on any atom is 0.227 e. The van der Waals surface area contributed by atoms with E-state index >= 15 is 0 Å². The van der Waals surface area contributed by atoms with E-state index in [9.17, 15) is 4.79 Å². The van der Waals surface area contributed by atoms with Gasteiger partial charge in [-0.1, -0.05) is 29.8 Å². The molecule has 4 nitrogen and oxygen atoms in total. The lowest BCUT2D eigenvalue weighted by Gasteiger charge is -2.15. The molecule has 1 aromatic heterocycles. The highest BCUT2D eigenvalue weighted by Gasteiger charge is 2.25. The number of carbonyl (C=O) groups excluding carboxylic acids is 1. The molecule has 1 amide bonds. The molecular weight excluding hydrogens is 294 g/mol. The average Bonchev–Trinajstić information content (AvgIpc) is 3.06. The van der Waals surface area contributed by atoms with Crippen LogP contribution in [0.4, 0.5) is 0 Å². The predicted octanol–water partition coefficient (Wildman–Crippen LogP) is 2.53. The van der Waals surface area contributed by atoms with Crippen molar-refractivity contribution in [3.05, 3.63) is 39.7 Å². The van der Waals surface area contributed by atoms with Crippen molar-refractivity contribution < 1.29 is 4.79 Å². The number of nitrogens with two attached hydrogens (primary N) is 1. The molecule has 1 saturated heterocycles. The fraction of sp³-hybridized carbons (Fsp3) is 0.412. The van der Waals surface area contributed by atoms with Gasteiger partial charge in [-0.15, -0.1) is 11.3 Å². The average molecular weight is 315 g/mol. The molecule has 1 aliphatic heterocycles. The van der Waals surface area contributed by atoms with Crippen molar-refractivity contribution in [1.29, 1.82) is 0 Å². The van der Waals surface area contributed by atoms with E-state index in [1.165, 1.54) is 5.56 Å².